The van der Waals surface area contributed by atoms with E-state index < -0.39 is 17.9 Å². The molecule has 1 unspecified atom stereocenters. The van der Waals surface area contributed by atoms with Gasteiger partial charge in [0.15, 0.2) is 0 Å². The first-order chi connectivity index (χ1) is 9.49. The van der Waals surface area contributed by atoms with Gasteiger partial charge in [0, 0.05) is 12.8 Å². The largest absolute Gasteiger partial charge is 0.481 e. The summed E-state index contributed by atoms with van der Waals surface area (Å²) in [6, 6.07) is 8.55. The van der Waals surface area contributed by atoms with Crippen molar-refractivity contribution >= 4 is 17.9 Å². The molecule has 0 aromatic heterocycles. The van der Waals surface area contributed by atoms with Gasteiger partial charge in [-0.2, -0.15) is 0 Å². The number of rotatable bonds is 6. The molecule has 1 aromatic rings. The van der Waals surface area contributed by atoms with Crippen molar-refractivity contribution in [1.82, 2.24) is 10.6 Å². The zero-order chi connectivity index (χ0) is 15.0. The van der Waals surface area contributed by atoms with Crippen LogP contribution in [-0.4, -0.2) is 23.0 Å². The quantitative estimate of drug-likeness (QED) is 0.739. The standard InChI is InChI=1S/C14H18N2O4/c1-10(11-6-3-2-4-7-11)15-14(20)16-12(17)8-5-9-13(18)19/h2-4,6-7,10H,5,8-9H2,1H3,(H,18,19)(H2,15,16,17,20). The van der Waals surface area contributed by atoms with Crippen LogP contribution in [-0.2, 0) is 9.59 Å². The molecule has 0 aliphatic rings. The minimum absolute atomic E-state index is 0.0133. The maximum absolute atomic E-state index is 11.6. The Morgan fingerprint density at radius 3 is 2.40 bits per heavy atom. The molecule has 3 amide bonds. The number of benzene rings is 1. The van der Waals surface area contributed by atoms with Crippen LogP contribution in [0.5, 0.6) is 0 Å². The van der Waals surface area contributed by atoms with Crippen molar-refractivity contribution in [2.75, 3.05) is 0 Å². The summed E-state index contributed by atoms with van der Waals surface area (Å²) in [7, 11) is 0. The van der Waals surface area contributed by atoms with Crippen LogP contribution in [0, 0.1) is 0 Å². The highest BCUT2D eigenvalue weighted by Crippen LogP contribution is 2.10. The Morgan fingerprint density at radius 1 is 1.15 bits per heavy atom. The van der Waals surface area contributed by atoms with E-state index in [0.29, 0.717) is 0 Å². The zero-order valence-corrected chi connectivity index (χ0v) is 11.3. The first-order valence-electron chi connectivity index (χ1n) is 6.36. The molecule has 0 spiro atoms. The zero-order valence-electron chi connectivity index (χ0n) is 11.3. The van der Waals surface area contributed by atoms with Gasteiger partial charge in [-0.15, -0.1) is 0 Å². The Hall–Kier alpha value is -2.37. The Kier molecular flexibility index (Phi) is 6.22. The fourth-order valence-electron chi connectivity index (χ4n) is 1.65. The second kappa shape index (κ2) is 7.93. The molecule has 0 aliphatic heterocycles. The second-order valence-electron chi connectivity index (χ2n) is 4.40. The number of imide groups is 1. The summed E-state index contributed by atoms with van der Waals surface area (Å²) in [5, 5.41) is 13.3. The molecule has 20 heavy (non-hydrogen) atoms. The summed E-state index contributed by atoms with van der Waals surface area (Å²) in [5.41, 5.74) is 0.931. The lowest BCUT2D eigenvalue weighted by molar-refractivity contribution is -0.137. The Bertz CT molecular complexity index is 473. The van der Waals surface area contributed by atoms with Gasteiger partial charge >= 0.3 is 12.0 Å². The normalized spacial score (nSPS) is 11.4. The van der Waals surface area contributed by atoms with Crippen LogP contribution in [0.25, 0.3) is 0 Å². The molecule has 1 atom stereocenters. The summed E-state index contributed by atoms with van der Waals surface area (Å²) >= 11 is 0. The monoisotopic (exact) mass is 278 g/mol. The SMILES string of the molecule is CC(NC(=O)NC(=O)CCCC(=O)O)c1ccccc1. The smallest absolute Gasteiger partial charge is 0.321 e. The number of nitrogens with one attached hydrogen (secondary N) is 2. The van der Waals surface area contributed by atoms with Gasteiger partial charge in [0.1, 0.15) is 0 Å². The van der Waals surface area contributed by atoms with Gasteiger partial charge in [-0.3, -0.25) is 14.9 Å². The van der Waals surface area contributed by atoms with E-state index in [9.17, 15) is 14.4 Å². The summed E-state index contributed by atoms with van der Waals surface area (Å²) < 4.78 is 0. The number of hydrogen-bond acceptors (Lipinski definition) is 3. The molecule has 6 heteroatoms. The molecule has 1 rings (SSSR count). The van der Waals surface area contributed by atoms with Gasteiger partial charge in [-0.1, -0.05) is 30.3 Å². The predicted octanol–water partition coefficient (Wildman–Crippen LogP) is 1.83. The number of carboxylic acids is 1. The van der Waals surface area contributed by atoms with Crippen LogP contribution in [0.15, 0.2) is 30.3 Å². The van der Waals surface area contributed by atoms with Crippen molar-refractivity contribution in [2.45, 2.75) is 32.2 Å². The minimum Gasteiger partial charge on any atom is -0.481 e. The highest BCUT2D eigenvalue weighted by molar-refractivity contribution is 5.94. The van der Waals surface area contributed by atoms with Gasteiger partial charge in [-0.05, 0) is 18.9 Å². The van der Waals surface area contributed by atoms with E-state index in [-0.39, 0.29) is 25.3 Å². The second-order valence-corrected chi connectivity index (χ2v) is 4.40. The number of carboxylic acid groups (broad SMARTS) is 1. The summed E-state index contributed by atoms with van der Waals surface area (Å²) in [6.07, 6.45) is 0.136. The molecule has 0 saturated heterocycles. The molecule has 0 bridgehead atoms. The molecule has 0 heterocycles. The van der Waals surface area contributed by atoms with E-state index >= 15 is 0 Å². The lowest BCUT2D eigenvalue weighted by Crippen LogP contribution is -2.40. The molecule has 1 aromatic carbocycles. The lowest BCUT2D eigenvalue weighted by atomic mass is 10.1. The summed E-state index contributed by atoms with van der Waals surface area (Å²) in [5.74, 6) is -1.44. The van der Waals surface area contributed by atoms with Crippen molar-refractivity contribution in [3.05, 3.63) is 35.9 Å². The highest BCUT2D eigenvalue weighted by atomic mass is 16.4. The van der Waals surface area contributed by atoms with E-state index in [1.165, 1.54) is 0 Å². The van der Waals surface area contributed by atoms with E-state index in [4.69, 9.17) is 5.11 Å². The maximum atomic E-state index is 11.6. The number of carbonyl (C=O) groups excluding carboxylic acids is 2. The molecule has 0 aliphatic carbocycles. The van der Waals surface area contributed by atoms with Crippen molar-refractivity contribution < 1.29 is 19.5 Å². The molecule has 108 valence electrons. The van der Waals surface area contributed by atoms with Crippen LogP contribution < -0.4 is 10.6 Å². The molecular weight excluding hydrogens is 260 g/mol. The summed E-state index contributed by atoms with van der Waals surface area (Å²) in [6.45, 7) is 1.81. The number of amides is 3. The van der Waals surface area contributed by atoms with Gasteiger partial charge in [0.05, 0.1) is 6.04 Å². The fourth-order valence-corrected chi connectivity index (χ4v) is 1.65. The predicted molar refractivity (Wildman–Crippen MR) is 73.0 cm³/mol. The Morgan fingerprint density at radius 2 is 1.80 bits per heavy atom. The number of aliphatic carboxylic acids is 1. The molecule has 0 saturated carbocycles. The van der Waals surface area contributed by atoms with E-state index in [0.717, 1.165) is 5.56 Å². The van der Waals surface area contributed by atoms with Crippen molar-refractivity contribution in [2.24, 2.45) is 0 Å². The molecule has 0 fully saturated rings. The van der Waals surface area contributed by atoms with Crippen LogP contribution in [0.4, 0.5) is 4.79 Å². The number of carbonyl (C=O) groups is 3. The first-order valence-corrected chi connectivity index (χ1v) is 6.36. The lowest BCUT2D eigenvalue weighted by Gasteiger charge is -2.14. The molecule has 0 radical (unpaired) electrons. The average molecular weight is 278 g/mol. The molecule has 6 nitrogen and oxygen atoms in total. The van der Waals surface area contributed by atoms with Crippen molar-refractivity contribution in [3.8, 4) is 0 Å². The van der Waals surface area contributed by atoms with Gasteiger partial charge < -0.3 is 10.4 Å². The number of hydrogen-bond donors (Lipinski definition) is 3. The third-order valence-electron chi connectivity index (χ3n) is 2.69. The van der Waals surface area contributed by atoms with Gasteiger partial charge in [0.2, 0.25) is 5.91 Å². The highest BCUT2D eigenvalue weighted by Gasteiger charge is 2.12. The first kappa shape index (κ1) is 15.7. The van der Waals surface area contributed by atoms with Crippen LogP contribution >= 0.6 is 0 Å². The van der Waals surface area contributed by atoms with Gasteiger partial charge in [0.25, 0.3) is 0 Å². The third kappa shape index (κ3) is 5.99. The Balaban J connectivity index is 2.32. The average Bonchev–Trinajstić information content (AvgIpc) is 2.38. The Labute approximate surface area is 117 Å². The number of urea groups is 1. The molecule has 3 N–H and O–H groups in total. The summed E-state index contributed by atoms with van der Waals surface area (Å²) in [4.78, 5) is 33.3. The van der Waals surface area contributed by atoms with E-state index in [1.807, 2.05) is 37.3 Å². The van der Waals surface area contributed by atoms with Crippen LogP contribution in [0.2, 0.25) is 0 Å². The fraction of sp³-hybridized carbons (Fsp3) is 0.357. The van der Waals surface area contributed by atoms with Crippen molar-refractivity contribution in [1.29, 1.82) is 0 Å². The van der Waals surface area contributed by atoms with E-state index in [2.05, 4.69) is 10.6 Å². The minimum atomic E-state index is -0.958. The molecular formula is C14H18N2O4. The van der Waals surface area contributed by atoms with Crippen LogP contribution in [0.1, 0.15) is 37.8 Å². The topological polar surface area (TPSA) is 95.5 Å². The van der Waals surface area contributed by atoms with Crippen LogP contribution in [0.3, 0.4) is 0 Å². The maximum Gasteiger partial charge on any atom is 0.321 e. The van der Waals surface area contributed by atoms with Crippen molar-refractivity contribution in [3.63, 3.8) is 0 Å². The third-order valence-corrected chi connectivity index (χ3v) is 2.69. The van der Waals surface area contributed by atoms with Gasteiger partial charge in [-0.25, -0.2) is 4.79 Å². The van der Waals surface area contributed by atoms with E-state index in [1.54, 1.807) is 0 Å².